The van der Waals surface area contributed by atoms with Crippen LogP contribution >= 0.6 is 0 Å². The molecule has 1 nitrogen and oxygen atoms in total. The summed E-state index contributed by atoms with van der Waals surface area (Å²) in [6.45, 7) is 3.97. The van der Waals surface area contributed by atoms with E-state index in [-0.39, 0.29) is 11.9 Å². The molecule has 1 N–H and O–H groups in total. The third-order valence-electron chi connectivity index (χ3n) is 3.66. The lowest BCUT2D eigenvalue weighted by Crippen LogP contribution is -2.18. The van der Waals surface area contributed by atoms with Crippen molar-refractivity contribution in [3.8, 4) is 0 Å². The molecule has 16 heavy (non-hydrogen) atoms. The van der Waals surface area contributed by atoms with Crippen molar-refractivity contribution in [2.24, 2.45) is 0 Å². The Labute approximate surface area is 96.3 Å². The van der Waals surface area contributed by atoms with Crippen molar-refractivity contribution >= 4 is 0 Å². The van der Waals surface area contributed by atoms with E-state index in [1.165, 1.54) is 5.56 Å². The zero-order valence-corrected chi connectivity index (χ0v) is 9.96. The first kappa shape index (κ1) is 11.6. The van der Waals surface area contributed by atoms with Crippen LogP contribution in [0.15, 0.2) is 12.1 Å². The molecule has 0 aliphatic heterocycles. The molecular formula is C14H19FO. The first-order valence-corrected chi connectivity index (χ1v) is 6.02. The molecular weight excluding hydrogens is 203 g/mol. The van der Waals surface area contributed by atoms with E-state index in [1.54, 1.807) is 12.1 Å². The van der Waals surface area contributed by atoms with Gasteiger partial charge in [-0.05, 0) is 74.3 Å². The number of aryl methyl sites for hydroxylation is 2. The smallest absolute Gasteiger partial charge is 0.123 e. The maximum absolute atomic E-state index is 13.2. The summed E-state index contributed by atoms with van der Waals surface area (Å²) in [6, 6.07) is 3.24. The Morgan fingerprint density at radius 3 is 2.06 bits per heavy atom. The minimum Gasteiger partial charge on any atom is -0.393 e. The van der Waals surface area contributed by atoms with Crippen LogP contribution in [0, 0.1) is 19.7 Å². The number of rotatable bonds is 1. The van der Waals surface area contributed by atoms with Crippen molar-refractivity contribution < 1.29 is 9.50 Å². The van der Waals surface area contributed by atoms with Gasteiger partial charge in [-0.3, -0.25) is 0 Å². The van der Waals surface area contributed by atoms with Gasteiger partial charge in [-0.15, -0.1) is 0 Å². The van der Waals surface area contributed by atoms with Crippen molar-refractivity contribution in [3.05, 3.63) is 34.6 Å². The number of hydrogen-bond acceptors (Lipinski definition) is 1. The van der Waals surface area contributed by atoms with Crippen LogP contribution in [-0.2, 0) is 0 Å². The van der Waals surface area contributed by atoms with Gasteiger partial charge < -0.3 is 5.11 Å². The van der Waals surface area contributed by atoms with Crippen LogP contribution in [0.3, 0.4) is 0 Å². The maximum Gasteiger partial charge on any atom is 0.123 e. The third-order valence-corrected chi connectivity index (χ3v) is 3.66. The average Bonchev–Trinajstić information content (AvgIpc) is 2.19. The van der Waals surface area contributed by atoms with Gasteiger partial charge in [-0.25, -0.2) is 4.39 Å². The highest BCUT2D eigenvalue weighted by atomic mass is 19.1. The minimum atomic E-state index is -0.144. The van der Waals surface area contributed by atoms with Gasteiger partial charge in [0.25, 0.3) is 0 Å². The third kappa shape index (κ3) is 2.27. The first-order chi connectivity index (χ1) is 7.58. The maximum atomic E-state index is 13.2. The molecule has 0 heterocycles. The summed E-state index contributed by atoms with van der Waals surface area (Å²) in [7, 11) is 0. The van der Waals surface area contributed by atoms with Crippen molar-refractivity contribution in [3.63, 3.8) is 0 Å². The molecule has 0 radical (unpaired) electrons. The molecule has 1 saturated carbocycles. The molecule has 0 aromatic heterocycles. The molecule has 1 aliphatic rings. The second-order valence-electron chi connectivity index (χ2n) is 4.96. The lowest BCUT2D eigenvalue weighted by molar-refractivity contribution is 0.122. The molecule has 2 rings (SSSR count). The predicted molar refractivity (Wildman–Crippen MR) is 63.1 cm³/mol. The van der Waals surface area contributed by atoms with Crippen LogP contribution < -0.4 is 0 Å². The van der Waals surface area contributed by atoms with Gasteiger partial charge in [0.1, 0.15) is 5.82 Å². The summed E-state index contributed by atoms with van der Waals surface area (Å²) in [5.74, 6) is 0.360. The molecule has 0 atom stereocenters. The fraction of sp³-hybridized carbons (Fsp3) is 0.571. The first-order valence-electron chi connectivity index (χ1n) is 6.02. The Morgan fingerprint density at radius 1 is 1.06 bits per heavy atom. The highest BCUT2D eigenvalue weighted by molar-refractivity contribution is 5.37. The number of benzene rings is 1. The van der Waals surface area contributed by atoms with Crippen molar-refractivity contribution in [2.45, 2.75) is 51.6 Å². The standard InChI is InChI=1S/C14H19FO/c1-9-7-12(15)8-10(2)14(9)11-3-5-13(16)6-4-11/h7-8,11,13,16H,3-6H2,1-2H3. The van der Waals surface area contributed by atoms with Gasteiger partial charge >= 0.3 is 0 Å². The van der Waals surface area contributed by atoms with Crippen LogP contribution in [-0.4, -0.2) is 11.2 Å². The number of hydrogen-bond donors (Lipinski definition) is 1. The van der Waals surface area contributed by atoms with E-state index in [0.717, 1.165) is 36.8 Å². The Balaban J connectivity index is 2.26. The van der Waals surface area contributed by atoms with Crippen molar-refractivity contribution in [1.82, 2.24) is 0 Å². The molecule has 0 bridgehead atoms. The van der Waals surface area contributed by atoms with E-state index in [1.807, 2.05) is 13.8 Å². The summed E-state index contributed by atoms with van der Waals surface area (Å²) in [5, 5.41) is 9.50. The van der Waals surface area contributed by atoms with Crippen LogP contribution in [0.2, 0.25) is 0 Å². The molecule has 1 aromatic rings. The molecule has 1 fully saturated rings. The summed E-state index contributed by atoms with van der Waals surface area (Å²) in [6.07, 6.45) is 3.67. The molecule has 0 spiro atoms. The minimum absolute atomic E-state index is 0.127. The Hall–Kier alpha value is -0.890. The fourth-order valence-corrected chi connectivity index (χ4v) is 2.93. The summed E-state index contributed by atoms with van der Waals surface area (Å²) >= 11 is 0. The van der Waals surface area contributed by atoms with Gasteiger partial charge in [0.05, 0.1) is 6.10 Å². The highest BCUT2D eigenvalue weighted by Gasteiger charge is 2.23. The van der Waals surface area contributed by atoms with E-state index < -0.39 is 0 Å². The van der Waals surface area contributed by atoms with E-state index in [0.29, 0.717) is 5.92 Å². The van der Waals surface area contributed by atoms with Crippen LogP contribution in [0.5, 0.6) is 0 Å². The lowest BCUT2D eigenvalue weighted by Gasteiger charge is -2.28. The average molecular weight is 222 g/mol. The van der Waals surface area contributed by atoms with Gasteiger partial charge in [0, 0.05) is 0 Å². The van der Waals surface area contributed by atoms with Crippen LogP contribution in [0.1, 0.15) is 48.3 Å². The molecule has 0 saturated heterocycles. The largest absolute Gasteiger partial charge is 0.393 e. The summed E-state index contributed by atoms with van der Waals surface area (Å²) in [4.78, 5) is 0. The normalized spacial score (nSPS) is 25.8. The van der Waals surface area contributed by atoms with E-state index in [2.05, 4.69) is 0 Å². The van der Waals surface area contributed by atoms with E-state index in [4.69, 9.17) is 0 Å². The lowest BCUT2D eigenvalue weighted by atomic mass is 9.79. The van der Waals surface area contributed by atoms with Crippen molar-refractivity contribution in [2.75, 3.05) is 0 Å². The van der Waals surface area contributed by atoms with Gasteiger partial charge in [-0.1, -0.05) is 0 Å². The van der Waals surface area contributed by atoms with Crippen molar-refractivity contribution in [1.29, 1.82) is 0 Å². The fourth-order valence-electron chi connectivity index (χ4n) is 2.93. The summed E-state index contributed by atoms with van der Waals surface area (Å²) in [5.41, 5.74) is 3.41. The number of aliphatic hydroxyl groups excluding tert-OH is 1. The monoisotopic (exact) mass is 222 g/mol. The van der Waals surface area contributed by atoms with E-state index >= 15 is 0 Å². The molecule has 1 aromatic carbocycles. The molecule has 88 valence electrons. The molecule has 1 aliphatic carbocycles. The second kappa shape index (κ2) is 4.54. The number of aliphatic hydroxyl groups is 1. The van der Waals surface area contributed by atoms with Gasteiger partial charge in [0.2, 0.25) is 0 Å². The summed E-state index contributed by atoms with van der Waals surface area (Å²) < 4.78 is 13.2. The Kier molecular flexibility index (Phi) is 3.29. The topological polar surface area (TPSA) is 20.2 Å². The Bertz CT molecular complexity index is 355. The van der Waals surface area contributed by atoms with Gasteiger partial charge in [-0.2, -0.15) is 0 Å². The molecule has 0 unspecified atom stereocenters. The Morgan fingerprint density at radius 2 is 1.56 bits per heavy atom. The zero-order valence-electron chi connectivity index (χ0n) is 9.96. The molecule has 0 amide bonds. The second-order valence-corrected chi connectivity index (χ2v) is 4.96. The van der Waals surface area contributed by atoms with E-state index in [9.17, 15) is 9.50 Å². The van der Waals surface area contributed by atoms with Crippen LogP contribution in [0.25, 0.3) is 0 Å². The van der Waals surface area contributed by atoms with Crippen LogP contribution in [0.4, 0.5) is 4.39 Å². The predicted octanol–water partition coefficient (Wildman–Crippen LogP) is 3.46. The molecule has 2 heteroatoms. The quantitative estimate of drug-likeness (QED) is 0.771. The van der Waals surface area contributed by atoms with Gasteiger partial charge in [0.15, 0.2) is 0 Å². The SMILES string of the molecule is Cc1cc(F)cc(C)c1C1CCC(O)CC1. The number of halogens is 1. The highest BCUT2D eigenvalue weighted by Crippen LogP contribution is 2.36. The zero-order chi connectivity index (χ0) is 11.7.